The number of carbonyl (C=O) groups excluding carboxylic acids is 1. The van der Waals surface area contributed by atoms with Gasteiger partial charge in [-0.2, -0.15) is 11.8 Å². The van der Waals surface area contributed by atoms with Crippen LogP contribution < -0.4 is 0 Å². The van der Waals surface area contributed by atoms with Crippen LogP contribution in [0.2, 0.25) is 0 Å². The van der Waals surface area contributed by atoms with Crippen LogP contribution in [0.5, 0.6) is 0 Å². The van der Waals surface area contributed by atoms with Crippen molar-refractivity contribution in [1.82, 2.24) is 4.90 Å². The number of carbonyl (C=O) groups is 1. The normalized spacial score (nSPS) is 11.6. The van der Waals surface area contributed by atoms with Gasteiger partial charge in [-0.25, -0.2) is 0 Å². The highest BCUT2D eigenvalue weighted by Crippen LogP contribution is 2.15. The zero-order valence-electron chi connectivity index (χ0n) is 10.7. The molecule has 1 heterocycles. The average Bonchev–Trinajstić information content (AvgIpc) is 2.63. The van der Waals surface area contributed by atoms with Gasteiger partial charge in [0.2, 0.25) is 0 Å². The fourth-order valence-electron chi connectivity index (χ4n) is 1.55. The molecule has 1 aromatic heterocycles. The van der Waals surface area contributed by atoms with E-state index in [1.54, 1.807) is 38.7 Å². The topological polar surface area (TPSA) is 53.7 Å². The molecule has 0 aliphatic rings. The van der Waals surface area contributed by atoms with Gasteiger partial charge < -0.3 is 14.4 Å². The molecule has 96 valence electrons. The Bertz CT molecular complexity index is 381. The largest absolute Gasteiger partial charge is 0.455 e. The van der Waals surface area contributed by atoms with Gasteiger partial charge in [-0.3, -0.25) is 4.79 Å². The molecule has 0 aliphatic carbocycles. The monoisotopic (exact) mass is 257 g/mol. The standard InChI is InChI=1S/C12H19NO3S/c1-12(2,15)8-13(3)11(14)10-6-5-9(16-10)7-17-4/h5-6,15H,7-8H2,1-4H3. The number of hydrogen-bond acceptors (Lipinski definition) is 4. The van der Waals surface area contributed by atoms with Crippen LogP contribution in [-0.2, 0) is 5.75 Å². The van der Waals surface area contributed by atoms with Crippen molar-refractivity contribution in [2.24, 2.45) is 0 Å². The van der Waals surface area contributed by atoms with E-state index in [4.69, 9.17) is 4.42 Å². The van der Waals surface area contributed by atoms with Crippen molar-refractivity contribution in [3.05, 3.63) is 23.7 Å². The lowest BCUT2D eigenvalue weighted by Gasteiger charge is -2.24. The first kappa shape index (κ1) is 14.1. The van der Waals surface area contributed by atoms with Crippen LogP contribution in [0, 0.1) is 0 Å². The van der Waals surface area contributed by atoms with Gasteiger partial charge in [0.1, 0.15) is 5.76 Å². The molecule has 0 atom stereocenters. The number of aliphatic hydroxyl groups is 1. The molecule has 0 bridgehead atoms. The smallest absolute Gasteiger partial charge is 0.289 e. The Hall–Kier alpha value is -0.940. The van der Waals surface area contributed by atoms with Crippen molar-refractivity contribution in [3.8, 4) is 0 Å². The Balaban J connectivity index is 2.68. The van der Waals surface area contributed by atoms with Crippen LogP contribution in [0.1, 0.15) is 30.2 Å². The second-order valence-corrected chi connectivity index (χ2v) is 5.54. The number of thioether (sulfide) groups is 1. The van der Waals surface area contributed by atoms with Gasteiger partial charge in [0.05, 0.1) is 11.4 Å². The van der Waals surface area contributed by atoms with E-state index in [-0.39, 0.29) is 12.5 Å². The van der Waals surface area contributed by atoms with E-state index < -0.39 is 5.60 Å². The highest BCUT2D eigenvalue weighted by Gasteiger charge is 2.22. The van der Waals surface area contributed by atoms with Crippen molar-refractivity contribution < 1.29 is 14.3 Å². The Morgan fingerprint density at radius 2 is 2.18 bits per heavy atom. The summed E-state index contributed by atoms with van der Waals surface area (Å²) in [6.45, 7) is 3.60. The maximum atomic E-state index is 12.0. The van der Waals surface area contributed by atoms with Gasteiger partial charge in [0.15, 0.2) is 5.76 Å². The van der Waals surface area contributed by atoms with Gasteiger partial charge in [-0.1, -0.05) is 0 Å². The first-order valence-corrected chi connectivity index (χ1v) is 6.78. The third-order valence-corrected chi connectivity index (χ3v) is 2.70. The SMILES string of the molecule is CSCc1ccc(C(=O)N(C)CC(C)(C)O)o1. The molecule has 0 aliphatic heterocycles. The van der Waals surface area contributed by atoms with E-state index in [9.17, 15) is 9.90 Å². The second kappa shape index (κ2) is 5.60. The number of likely N-dealkylation sites (N-methyl/N-ethyl adjacent to an activating group) is 1. The van der Waals surface area contributed by atoms with Gasteiger partial charge >= 0.3 is 0 Å². The molecular weight excluding hydrogens is 238 g/mol. The molecule has 0 fully saturated rings. The highest BCUT2D eigenvalue weighted by atomic mass is 32.2. The molecule has 1 amide bonds. The van der Waals surface area contributed by atoms with Crippen LogP contribution >= 0.6 is 11.8 Å². The molecule has 17 heavy (non-hydrogen) atoms. The summed E-state index contributed by atoms with van der Waals surface area (Å²) in [5.74, 6) is 1.65. The number of furan rings is 1. The number of amides is 1. The molecule has 0 aromatic carbocycles. The zero-order valence-corrected chi connectivity index (χ0v) is 11.5. The van der Waals surface area contributed by atoms with Crippen molar-refractivity contribution in [2.75, 3.05) is 19.8 Å². The predicted octanol–water partition coefficient (Wildman–Crippen LogP) is 1.99. The van der Waals surface area contributed by atoms with E-state index in [2.05, 4.69) is 0 Å². The molecule has 1 N–H and O–H groups in total. The van der Waals surface area contributed by atoms with Gasteiger partial charge in [0, 0.05) is 13.6 Å². The van der Waals surface area contributed by atoms with E-state index in [1.807, 2.05) is 12.3 Å². The molecule has 0 saturated carbocycles. The van der Waals surface area contributed by atoms with Crippen molar-refractivity contribution >= 4 is 17.7 Å². The molecule has 0 spiro atoms. The molecule has 4 nitrogen and oxygen atoms in total. The number of rotatable bonds is 5. The van der Waals surface area contributed by atoms with Crippen molar-refractivity contribution in [3.63, 3.8) is 0 Å². The van der Waals surface area contributed by atoms with Crippen LogP contribution in [-0.4, -0.2) is 41.4 Å². The molecule has 1 rings (SSSR count). The molecule has 5 heteroatoms. The van der Waals surface area contributed by atoms with Crippen LogP contribution in [0.4, 0.5) is 0 Å². The fourth-order valence-corrected chi connectivity index (χ4v) is 1.99. The summed E-state index contributed by atoms with van der Waals surface area (Å²) in [4.78, 5) is 13.4. The number of hydrogen-bond donors (Lipinski definition) is 1. The summed E-state index contributed by atoms with van der Waals surface area (Å²) < 4.78 is 5.43. The lowest BCUT2D eigenvalue weighted by molar-refractivity contribution is 0.0351. The van der Waals surface area contributed by atoms with Gasteiger partial charge in [-0.05, 0) is 32.2 Å². The number of nitrogens with zero attached hydrogens (tertiary/aromatic N) is 1. The Morgan fingerprint density at radius 1 is 1.53 bits per heavy atom. The summed E-state index contributed by atoms with van der Waals surface area (Å²) >= 11 is 1.64. The van der Waals surface area contributed by atoms with Gasteiger partial charge in [-0.15, -0.1) is 0 Å². The summed E-state index contributed by atoms with van der Waals surface area (Å²) in [6.07, 6.45) is 1.98. The molecule has 0 saturated heterocycles. The minimum absolute atomic E-state index is 0.209. The molecule has 0 radical (unpaired) electrons. The van der Waals surface area contributed by atoms with Crippen LogP contribution in [0.25, 0.3) is 0 Å². The Kier molecular flexibility index (Phi) is 4.65. The average molecular weight is 257 g/mol. The maximum absolute atomic E-state index is 12.0. The quantitative estimate of drug-likeness (QED) is 0.876. The minimum Gasteiger partial charge on any atom is -0.455 e. The third kappa shape index (κ3) is 4.44. The maximum Gasteiger partial charge on any atom is 0.289 e. The van der Waals surface area contributed by atoms with E-state index in [0.29, 0.717) is 5.76 Å². The fraction of sp³-hybridized carbons (Fsp3) is 0.583. The van der Waals surface area contributed by atoms with E-state index in [1.165, 1.54) is 4.90 Å². The predicted molar refractivity (Wildman–Crippen MR) is 69.2 cm³/mol. The first-order chi connectivity index (χ1) is 7.83. The van der Waals surface area contributed by atoms with E-state index >= 15 is 0 Å². The van der Waals surface area contributed by atoms with E-state index in [0.717, 1.165) is 11.5 Å². The van der Waals surface area contributed by atoms with Crippen molar-refractivity contribution in [1.29, 1.82) is 0 Å². The third-order valence-electron chi connectivity index (χ3n) is 2.13. The van der Waals surface area contributed by atoms with Crippen LogP contribution in [0.15, 0.2) is 16.5 Å². The molecule has 0 unspecified atom stereocenters. The summed E-state index contributed by atoms with van der Waals surface area (Å²) in [5.41, 5.74) is -0.904. The van der Waals surface area contributed by atoms with Gasteiger partial charge in [0.25, 0.3) is 5.91 Å². The zero-order chi connectivity index (χ0) is 13.1. The lowest BCUT2D eigenvalue weighted by Crippen LogP contribution is -2.39. The highest BCUT2D eigenvalue weighted by molar-refractivity contribution is 7.97. The minimum atomic E-state index is -0.904. The Morgan fingerprint density at radius 3 is 2.71 bits per heavy atom. The second-order valence-electron chi connectivity index (χ2n) is 4.67. The van der Waals surface area contributed by atoms with Crippen molar-refractivity contribution in [2.45, 2.75) is 25.2 Å². The van der Waals surface area contributed by atoms with Crippen LogP contribution in [0.3, 0.4) is 0 Å². The summed E-state index contributed by atoms with van der Waals surface area (Å²) in [5, 5.41) is 9.65. The molecule has 1 aromatic rings. The summed E-state index contributed by atoms with van der Waals surface area (Å²) in [6, 6.07) is 3.48. The summed E-state index contributed by atoms with van der Waals surface area (Å²) in [7, 11) is 1.65. The Labute approximate surface area is 106 Å². The first-order valence-electron chi connectivity index (χ1n) is 5.39. The molecular formula is C12H19NO3S. The lowest BCUT2D eigenvalue weighted by atomic mass is 10.1.